The molecule has 0 rings (SSSR count). The highest BCUT2D eigenvalue weighted by molar-refractivity contribution is 7.47. The van der Waals surface area contributed by atoms with E-state index in [1.165, 1.54) is 0 Å². The molecule has 3 N–H and O–H groups in total. The molecule has 0 amide bonds. The van der Waals surface area contributed by atoms with Crippen LogP contribution in [0.5, 0.6) is 0 Å². The number of carbonyl (C=O) groups is 2. The number of hydrogen-bond donors (Lipinski definition) is 3. The lowest BCUT2D eigenvalue weighted by molar-refractivity contribution is -0.153. The Morgan fingerprint density at radius 3 is 1.43 bits per heavy atom. The van der Waals surface area contributed by atoms with Crippen molar-refractivity contribution in [1.29, 1.82) is 0 Å². The third-order valence-corrected chi connectivity index (χ3v) is 7.45. The van der Waals surface area contributed by atoms with Crippen molar-refractivity contribution in [2.24, 2.45) is 0 Å². The predicted molar refractivity (Wildman–Crippen MR) is 182 cm³/mol. The highest BCUT2D eigenvalue weighted by atomic mass is 31.2. The van der Waals surface area contributed by atoms with Crippen molar-refractivity contribution in [2.75, 3.05) is 26.4 Å². The van der Waals surface area contributed by atoms with E-state index in [0.29, 0.717) is 12.8 Å². The van der Waals surface area contributed by atoms with Crippen LogP contribution in [0, 0.1) is 0 Å². The van der Waals surface area contributed by atoms with E-state index in [-0.39, 0.29) is 12.8 Å². The molecule has 0 spiro atoms. The molecular weight excluding hydrogens is 611 g/mol. The van der Waals surface area contributed by atoms with Gasteiger partial charge >= 0.3 is 19.8 Å². The van der Waals surface area contributed by atoms with E-state index in [1.54, 1.807) is 0 Å². The zero-order chi connectivity index (χ0) is 34.1. The molecule has 0 saturated heterocycles. The molecule has 3 unspecified atom stereocenters. The number of rotatable bonds is 30. The Kier molecular flexibility index (Phi) is 29.7. The number of aliphatic hydroxyl groups excluding tert-OH is 2. The minimum absolute atomic E-state index is 0.150. The molecule has 0 aliphatic carbocycles. The summed E-state index contributed by atoms with van der Waals surface area (Å²) in [6, 6.07) is 0. The number of phosphoric acid groups is 1. The van der Waals surface area contributed by atoms with Gasteiger partial charge in [-0.2, -0.15) is 0 Å². The second kappa shape index (κ2) is 31.3. The monoisotopic (exact) mass is 670 g/mol. The maximum Gasteiger partial charge on any atom is 0.472 e. The van der Waals surface area contributed by atoms with Crippen LogP contribution in [0.2, 0.25) is 0 Å². The van der Waals surface area contributed by atoms with Gasteiger partial charge in [0.15, 0.2) is 0 Å². The fourth-order valence-corrected chi connectivity index (χ4v) is 4.69. The van der Waals surface area contributed by atoms with Gasteiger partial charge in [-0.05, 0) is 57.8 Å². The standard InChI is InChI=1S/C35H59O10P/c1-3-5-7-9-10-11-12-13-14-15-16-17-18-19-20-21-22-23-25-27-35(39)45-33(29-37)31-43-46(40,41)42-30-32(28-36)44-34(38)26-24-8-6-4-2/h5,7,10-11,13-14,16-17,19-20,32-33,36-37H,3-4,6,8-9,12,15,18,21-31H2,1-2H3,(H,40,41)/b7-5-,11-10-,14-13-,17-16-,20-19-. The molecule has 0 aliphatic heterocycles. The van der Waals surface area contributed by atoms with E-state index in [0.717, 1.165) is 70.6 Å². The van der Waals surface area contributed by atoms with Crippen LogP contribution >= 0.6 is 7.82 Å². The lowest BCUT2D eigenvalue weighted by atomic mass is 10.1. The summed E-state index contributed by atoms with van der Waals surface area (Å²) in [4.78, 5) is 33.9. The Balaban J connectivity index is 4.04. The Morgan fingerprint density at radius 2 is 1.02 bits per heavy atom. The fourth-order valence-electron chi connectivity index (χ4n) is 3.90. The van der Waals surface area contributed by atoms with Crippen molar-refractivity contribution >= 4 is 19.8 Å². The van der Waals surface area contributed by atoms with Gasteiger partial charge in [-0.1, -0.05) is 100 Å². The van der Waals surface area contributed by atoms with Crippen LogP contribution in [-0.2, 0) is 32.7 Å². The summed E-state index contributed by atoms with van der Waals surface area (Å²) < 4.78 is 32.0. The van der Waals surface area contributed by atoms with E-state index in [1.807, 2.05) is 0 Å². The molecule has 0 saturated carbocycles. The predicted octanol–water partition coefficient (Wildman–Crippen LogP) is 7.60. The molecule has 10 nitrogen and oxygen atoms in total. The Morgan fingerprint density at radius 1 is 0.609 bits per heavy atom. The zero-order valence-corrected chi connectivity index (χ0v) is 28.9. The lowest BCUT2D eigenvalue weighted by Gasteiger charge is -2.20. The molecule has 46 heavy (non-hydrogen) atoms. The van der Waals surface area contributed by atoms with E-state index < -0.39 is 58.4 Å². The lowest BCUT2D eigenvalue weighted by Crippen LogP contribution is -2.28. The highest BCUT2D eigenvalue weighted by Gasteiger charge is 2.27. The third kappa shape index (κ3) is 29.1. The number of ether oxygens (including phenoxy) is 2. The minimum atomic E-state index is -4.62. The number of carbonyl (C=O) groups excluding carboxylic acids is 2. The van der Waals surface area contributed by atoms with Crippen LogP contribution in [0.3, 0.4) is 0 Å². The number of hydrogen-bond acceptors (Lipinski definition) is 9. The third-order valence-electron chi connectivity index (χ3n) is 6.49. The van der Waals surface area contributed by atoms with Gasteiger partial charge in [-0.25, -0.2) is 4.57 Å². The first kappa shape index (κ1) is 43.7. The van der Waals surface area contributed by atoms with Gasteiger partial charge in [0.05, 0.1) is 26.4 Å². The zero-order valence-electron chi connectivity index (χ0n) is 28.0. The van der Waals surface area contributed by atoms with Crippen LogP contribution in [0.4, 0.5) is 0 Å². The molecule has 0 heterocycles. The summed E-state index contributed by atoms with van der Waals surface area (Å²) >= 11 is 0. The Hall–Kier alpha value is -2.33. The summed E-state index contributed by atoms with van der Waals surface area (Å²) in [6.45, 7) is 1.85. The first-order valence-electron chi connectivity index (χ1n) is 16.7. The summed E-state index contributed by atoms with van der Waals surface area (Å²) in [7, 11) is -4.62. The first-order valence-corrected chi connectivity index (χ1v) is 18.2. The maximum absolute atomic E-state index is 12.2. The van der Waals surface area contributed by atoms with Crippen LogP contribution in [0.25, 0.3) is 0 Å². The fraction of sp³-hybridized carbons (Fsp3) is 0.657. The van der Waals surface area contributed by atoms with Crippen LogP contribution in [0.15, 0.2) is 60.8 Å². The Labute approximate surface area is 276 Å². The van der Waals surface area contributed by atoms with Crippen molar-refractivity contribution < 1.29 is 47.8 Å². The molecule has 0 aromatic heterocycles. The number of esters is 2. The van der Waals surface area contributed by atoms with Crippen molar-refractivity contribution in [3.8, 4) is 0 Å². The highest BCUT2D eigenvalue weighted by Crippen LogP contribution is 2.43. The average molecular weight is 671 g/mol. The molecule has 0 bridgehead atoms. The number of phosphoric ester groups is 1. The second-order valence-electron chi connectivity index (χ2n) is 10.8. The molecule has 0 aromatic carbocycles. The normalized spacial score (nSPS) is 15.0. The van der Waals surface area contributed by atoms with Crippen molar-refractivity contribution in [2.45, 2.75) is 122 Å². The maximum atomic E-state index is 12.2. The van der Waals surface area contributed by atoms with E-state index in [2.05, 4.69) is 74.6 Å². The molecular formula is C35H59O10P. The van der Waals surface area contributed by atoms with Crippen LogP contribution < -0.4 is 0 Å². The number of unbranched alkanes of at least 4 members (excludes halogenated alkanes) is 6. The van der Waals surface area contributed by atoms with Gasteiger partial charge in [0.1, 0.15) is 12.2 Å². The molecule has 11 heteroatoms. The topological polar surface area (TPSA) is 149 Å². The van der Waals surface area contributed by atoms with Gasteiger partial charge < -0.3 is 24.6 Å². The summed E-state index contributed by atoms with van der Waals surface area (Å²) in [5.41, 5.74) is 0. The minimum Gasteiger partial charge on any atom is -0.457 e. The smallest absolute Gasteiger partial charge is 0.457 e. The molecule has 0 fully saturated rings. The Bertz CT molecular complexity index is 957. The average Bonchev–Trinajstić information content (AvgIpc) is 3.04. The number of allylic oxidation sites excluding steroid dienone is 10. The van der Waals surface area contributed by atoms with Crippen molar-refractivity contribution in [3.05, 3.63) is 60.8 Å². The largest absolute Gasteiger partial charge is 0.472 e. The van der Waals surface area contributed by atoms with E-state index >= 15 is 0 Å². The van der Waals surface area contributed by atoms with Crippen LogP contribution in [0.1, 0.15) is 110 Å². The van der Waals surface area contributed by atoms with Gasteiger partial charge in [0.25, 0.3) is 0 Å². The summed E-state index contributed by atoms with van der Waals surface area (Å²) in [5.74, 6) is -1.08. The first-order chi connectivity index (χ1) is 22.3. The molecule has 0 aliphatic rings. The second-order valence-corrected chi connectivity index (χ2v) is 12.2. The van der Waals surface area contributed by atoms with Gasteiger partial charge in [-0.3, -0.25) is 18.6 Å². The molecule has 0 radical (unpaired) electrons. The number of aliphatic hydroxyl groups is 2. The van der Waals surface area contributed by atoms with Crippen molar-refractivity contribution in [3.63, 3.8) is 0 Å². The van der Waals surface area contributed by atoms with E-state index in [4.69, 9.17) is 18.5 Å². The summed E-state index contributed by atoms with van der Waals surface area (Å²) in [5, 5.41) is 18.9. The van der Waals surface area contributed by atoms with Gasteiger partial charge in [0, 0.05) is 12.8 Å². The van der Waals surface area contributed by atoms with Gasteiger partial charge in [-0.15, -0.1) is 0 Å². The summed E-state index contributed by atoms with van der Waals surface area (Å²) in [6.07, 6.45) is 31.4. The SMILES string of the molecule is CC/C=C\C/C=C\C/C=C\C/C=C\C/C=C\CCCCCC(=O)OC(CO)COP(=O)(O)OCC(CO)OC(=O)CCCCCC. The molecule has 264 valence electrons. The van der Waals surface area contributed by atoms with Crippen LogP contribution in [-0.4, -0.2) is 65.7 Å². The molecule has 0 aromatic rings. The van der Waals surface area contributed by atoms with Gasteiger partial charge in [0.2, 0.25) is 0 Å². The molecule has 3 atom stereocenters. The van der Waals surface area contributed by atoms with E-state index in [9.17, 15) is 29.3 Å². The quantitative estimate of drug-likeness (QED) is 0.0302. The van der Waals surface area contributed by atoms with Crippen molar-refractivity contribution in [1.82, 2.24) is 0 Å².